The molecule has 0 aliphatic carbocycles. The van der Waals surface area contributed by atoms with Gasteiger partial charge in [0, 0.05) is 23.3 Å². The standard InChI is InChI=1S/C16H17NO3S/c1-21-14-6-4-12(5-7-14)15(18)8-9-16(19)17-11-13-3-2-10-20-13/h2-7,10H,8-9,11H2,1H3,(H,17,19). The zero-order valence-electron chi connectivity index (χ0n) is 11.8. The molecule has 1 amide bonds. The average molecular weight is 303 g/mol. The minimum absolute atomic E-state index is 0.0178. The summed E-state index contributed by atoms with van der Waals surface area (Å²) in [5.74, 6) is 0.526. The van der Waals surface area contributed by atoms with Crippen LogP contribution in [0.15, 0.2) is 52.0 Å². The number of hydrogen-bond donors (Lipinski definition) is 1. The van der Waals surface area contributed by atoms with Crippen molar-refractivity contribution in [1.82, 2.24) is 5.32 Å². The zero-order valence-corrected chi connectivity index (χ0v) is 12.6. The van der Waals surface area contributed by atoms with Crippen molar-refractivity contribution in [3.05, 3.63) is 54.0 Å². The predicted molar refractivity (Wildman–Crippen MR) is 82.3 cm³/mol. The Labute approximate surface area is 127 Å². The van der Waals surface area contributed by atoms with Gasteiger partial charge in [-0.2, -0.15) is 0 Å². The minimum Gasteiger partial charge on any atom is -0.467 e. The lowest BCUT2D eigenvalue weighted by molar-refractivity contribution is -0.121. The molecule has 110 valence electrons. The maximum atomic E-state index is 12.0. The van der Waals surface area contributed by atoms with Crippen LogP contribution in [-0.4, -0.2) is 17.9 Å². The van der Waals surface area contributed by atoms with Gasteiger partial charge in [-0.15, -0.1) is 11.8 Å². The predicted octanol–water partition coefficient (Wildman–Crippen LogP) is 3.28. The fourth-order valence-electron chi connectivity index (χ4n) is 1.84. The van der Waals surface area contributed by atoms with Crippen LogP contribution in [0.3, 0.4) is 0 Å². The molecule has 1 aromatic heterocycles. The lowest BCUT2D eigenvalue weighted by Crippen LogP contribution is -2.23. The van der Waals surface area contributed by atoms with Gasteiger partial charge in [-0.25, -0.2) is 0 Å². The molecule has 1 aromatic carbocycles. The van der Waals surface area contributed by atoms with E-state index < -0.39 is 0 Å². The topological polar surface area (TPSA) is 59.3 Å². The van der Waals surface area contributed by atoms with Crippen LogP contribution in [0, 0.1) is 0 Å². The zero-order chi connectivity index (χ0) is 15.1. The molecule has 0 atom stereocenters. The number of benzene rings is 1. The molecule has 0 spiro atoms. The van der Waals surface area contributed by atoms with Crippen molar-refractivity contribution in [2.45, 2.75) is 24.3 Å². The summed E-state index contributed by atoms with van der Waals surface area (Å²) in [7, 11) is 0. The van der Waals surface area contributed by atoms with Crippen LogP contribution >= 0.6 is 11.8 Å². The Balaban J connectivity index is 1.76. The van der Waals surface area contributed by atoms with E-state index in [-0.39, 0.29) is 24.5 Å². The molecule has 21 heavy (non-hydrogen) atoms. The molecule has 0 radical (unpaired) electrons. The maximum Gasteiger partial charge on any atom is 0.220 e. The fraction of sp³-hybridized carbons (Fsp3) is 0.250. The number of furan rings is 1. The molecule has 0 saturated heterocycles. The molecule has 0 fully saturated rings. The van der Waals surface area contributed by atoms with Gasteiger partial charge in [-0.3, -0.25) is 9.59 Å². The van der Waals surface area contributed by atoms with Gasteiger partial charge >= 0.3 is 0 Å². The number of carbonyl (C=O) groups excluding carboxylic acids is 2. The van der Waals surface area contributed by atoms with Gasteiger partial charge in [0.2, 0.25) is 5.91 Å². The molecule has 0 aliphatic heterocycles. The highest BCUT2D eigenvalue weighted by atomic mass is 32.2. The number of amides is 1. The smallest absolute Gasteiger partial charge is 0.220 e. The second-order valence-electron chi connectivity index (χ2n) is 4.51. The third-order valence-electron chi connectivity index (χ3n) is 3.03. The summed E-state index contributed by atoms with van der Waals surface area (Å²) in [4.78, 5) is 24.8. The molecular weight excluding hydrogens is 286 g/mol. The highest BCUT2D eigenvalue weighted by Gasteiger charge is 2.09. The molecule has 4 nitrogen and oxygen atoms in total. The second kappa shape index (κ2) is 7.69. The number of hydrogen-bond acceptors (Lipinski definition) is 4. The van der Waals surface area contributed by atoms with Gasteiger partial charge in [0.1, 0.15) is 5.76 Å². The Morgan fingerprint density at radius 2 is 1.90 bits per heavy atom. The third kappa shape index (κ3) is 4.79. The van der Waals surface area contributed by atoms with E-state index in [1.54, 1.807) is 42.3 Å². The first-order chi connectivity index (χ1) is 10.2. The highest BCUT2D eigenvalue weighted by molar-refractivity contribution is 7.98. The van der Waals surface area contributed by atoms with E-state index in [2.05, 4.69) is 5.32 Å². The van der Waals surface area contributed by atoms with Crippen molar-refractivity contribution in [3.63, 3.8) is 0 Å². The van der Waals surface area contributed by atoms with Crippen molar-refractivity contribution in [3.8, 4) is 0 Å². The minimum atomic E-state index is -0.152. The Morgan fingerprint density at radius 1 is 1.14 bits per heavy atom. The first-order valence-corrected chi connectivity index (χ1v) is 7.88. The molecule has 0 saturated carbocycles. The molecule has 1 heterocycles. The summed E-state index contributed by atoms with van der Waals surface area (Å²) in [5.41, 5.74) is 0.645. The van der Waals surface area contributed by atoms with E-state index >= 15 is 0 Å². The van der Waals surface area contributed by atoms with Crippen molar-refractivity contribution >= 4 is 23.5 Å². The van der Waals surface area contributed by atoms with Crippen LogP contribution in [0.25, 0.3) is 0 Å². The van der Waals surface area contributed by atoms with E-state index in [4.69, 9.17) is 4.42 Å². The molecule has 0 aliphatic rings. The van der Waals surface area contributed by atoms with E-state index in [0.717, 1.165) is 4.90 Å². The molecule has 0 unspecified atom stereocenters. The molecule has 2 aromatic rings. The number of nitrogens with one attached hydrogen (secondary N) is 1. The summed E-state index contributed by atoms with van der Waals surface area (Å²) >= 11 is 1.63. The molecule has 0 bridgehead atoms. The Bertz CT molecular complexity index is 590. The summed E-state index contributed by atoms with van der Waals surface area (Å²) in [6.45, 7) is 0.350. The van der Waals surface area contributed by atoms with Crippen molar-refractivity contribution in [2.75, 3.05) is 6.26 Å². The highest BCUT2D eigenvalue weighted by Crippen LogP contribution is 2.16. The lowest BCUT2D eigenvalue weighted by atomic mass is 10.1. The SMILES string of the molecule is CSc1ccc(C(=O)CCC(=O)NCc2ccco2)cc1. The summed E-state index contributed by atoms with van der Waals surface area (Å²) in [6, 6.07) is 11.0. The number of thioether (sulfide) groups is 1. The lowest BCUT2D eigenvalue weighted by Gasteiger charge is -2.04. The van der Waals surface area contributed by atoms with Crippen molar-refractivity contribution in [2.24, 2.45) is 0 Å². The van der Waals surface area contributed by atoms with Crippen LogP contribution in [0.1, 0.15) is 29.0 Å². The second-order valence-corrected chi connectivity index (χ2v) is 5.39. The van der Waals surface area contributed by atoms with Crippen molar-refractivity contribution in [1.29, 1.82) is 0 Å². The number of rotatable bonds is 7. The number of Topliss-reactive ketones (excluding diaryl/α,β-unsaturated/α-hetero) is 1. The first-order valence-electron chi connectivity index (χ1n) is 6.65. The third-order valence-corrected chi connectivity index (χ3v) is 3.77. The summed E-state index contributed by atoms with van der Waals surface area (Å²) in [5, 5.41) is 2.72. The molecular formula is C16H17NO3S. The van der Waals surface area contributed by atoms with Gasteiger partial charge in [0.25, 0.3) is 0 Å². The average Bonchev–Trinajstić information content (AvgIpc) is 3.04. The Morgan fingerprint density at radius 3 is 2.52 bits per heavy atom. The Kier molecular flexibility index (Phi) is 5.63. The van der Waals surface area contributed by atoms with Gasteiger partial charge in [0.05, 0.1) is 12.8 Å². The molecule has 2 rings (SSSR count). The van der Waals surface area contributed by atoms with E-state index in [9.17, 15) is 9.59 Å². The van der Waals surface area contributed by atoms with Gasteiger partial charge in [-0.05, 0) is 30.5 Å². The number of carbonyl (C=O) groups is 2. The van der Waals surface area contributed by atoms with E-state index in [1.807, 2.05) is 18.4 Å². The van der Waals surface area contributed by atoms with Gasteiger partial charge in [-0.1, -0.05) is 12.1 Å². The monoisotopic (exact) mass is 303 g/mol. The van der Waals surface area contributed by atoms with Crippen molar-refractivity contribution < 1.29 is 14.0 Å². The summed E-state index contributed by atoms with van der Waals surface area (Å²) in [6.07, 6.45) is 3.94. The first kappa shape index (κ1) is 15.4. The van der Waals surface area contributed by atoms with Crippen LogP contribution in [0.5, 0.6) is 0 Å². The van der Waals surface area contributed by atoms with Gasteiger partial charge in [0.15, 0.2) is 5.78 Å². The van der Waals surface area contributed by atoms with Gasteiger partial charge < -0.3 is 9.73 Å². The van der Waals surface area contributed by atoms with Crippen LogP contribution < -0.4 is 5.32 Å². The van der Waals surface area contributed by atoms with Crippen LogP contribution in [0.2, 0.25) is 0 Å². The molecule has 5 heteroatoms. The summed E-state index contributed by atoms with van der Waals surface area (Å²) < 4.78 is 5.12. The normalized spacial score (nSPS) is 10.3. The van der Waals surface area contributed by atoms with E-state index in [0.29, 0.717) is 17.9 Å². The quantitative estimate of drug-likeness (QED) is 0.630. The van der Waals surface area contributed by atoms with Crippen LogP contribution in [0.4, 0.5) is 0 Å². The largest absolute Gasteiger partial charge is 0.467 e. The van der Waals surface area contributed by atoms with E-state index in [1.165, 1.54) is 0 Å². The Hall–Kier alpha value is -2.01. The number of ketones is 1. The molecule has 1 N–H and O–H groups in total. The fourth-order valence-corrected chi connectivity index (χ4v) is 2.24. The van der Waals surface area contributed by atoms with Crippen LogP contribution in [-0.2, 0) is 11.3 Å². The maximum absolute atomic E-state index is 12.0.